The van der Waals surface area contributed by atoms with E-state index in [9.17, 15) is 4.79 Å². The number of nitrogens with zero attached hydrogens (tertiary/aromatic N) is 2. The van der Waals surface area contributed by atoms with Gasteiger partial charge in [0.2, 0.25) is 5.89 Å². The second kappa shape index (κ2) is 6.84. The van der Waals surface area contributed by atoms with Crippen LogP contribution in [0, 0.1) is 6.92 Å². The predicted octanol–water partition coefficient (Wildman–Crippen LogP) is 2.77. The molecule has 1 aromatic carbocycles. The Morgan fingerprint density at radius 3 is 2.85 bits per heavy atom. The van der Waals surface area contributed by atoms with Crippen molar-refractivity contribution < 1.29 is 14.4 Å². The summed E-state index contributed by atoms with van der Waals surface area (Å²) in [6.45, 7) is 2.06. The molecule has 2 aromatic rings. The molecule has 0 spiro atoms. The van der Waals surface area contributed by atoms with Gasteiger partial charge in [0.25, 0.3) is 0 Å². The van der Waals surface area contributed by atoms with Crippen molar-refractivity contribution >= 4 is 5.97 Å². The molecule has 0 radical (unpaired) electrons. The van der Waals surface area contributed by atoms with Crippen LogP contribution in [0.4, 0.5) is 0 Å². The van der Waals surface area contributed by atoms with Gasteiger partial charge in [0.1, 0.15) is 0 Å². The largest absolute Gasteiger partial charge is 0.481 e. The number of rotatable bonds is 7. The van der Waals surface area contributed by atoms with Gasteiger partial charge in [-0.15, -0.1) is 0 Å². The molecule has 106 valence electrons. The highest BCUT2D eigenvalue weighted by Crippen LogP contribution is 2.12. The minimum absolute atomic E-state index is 0.185. The molecule has 0 amide bonds. The number of carboxylic acids is 1. The quantitative estimate of drug-likeness (QED) is 0.786. The first-order chi connectivity index (χ1) is 9.65. The molecule has 0 unspecified atom stereocenters. The number of aromatic nitrogens is 2. The Hall–Kier alpha value is -2.17. The minimum atomic E-state index is -0.768. The van der Waals surface area contributed by atoms with Crippen LogP contribution in [0.25, 0.3) is 0 Å². The Morgan fingerprint density at radius 2 is 2.10 bits per heavy atom. The second-order valence-electron chi connectivity index (χ2n) is 4.81. The lowest BCUT2D eigenvalue weighted by molar-refractivity contribution is -0.137. The van der Waals surface area contributed by atoms with Crippen molar-refractivity contribution in [3.05, 3.63) is 47.1 Å². The number of aliphatic carboxylic acids is 1. The van der Waals surface area contributed by atoms with Gasteiger partial charge >= 0.3 is 5.97 Å². The highest BCUT2D eigenvalue weighted by atomic mass is 16.5. The van der Waals surface area contributed by atoms with Crippen molar-refractivity contribution in [2.75, 3.05) is 0 Å². The maximum Gasteiger partial charge on any atom is 0.303 e. The molecule has 1 N–H and O–H groups in total. The number of unbranched alkanes of at least 4 members (excludes halogenated alkanes) is 1. The van der Waals surface area contributed by atoms with Crippen LogP contribution in [0.5, 0.6) is 0 Å². The summed E-state index contributed by atoms with van der Waals surface area (Å²) < 4.78 is 5.18. The van der Waals surface area contributed by atoms with Gasteiger partial charge in [-0.25, -0.2) is 0 Å². The Balaban J connectivity index is 1.86. The van der Waals surface area contributed by atoms with E-state index in [4.69, 9.17) is 9.63 Å². The smallest absolute Gasteiger partial charge is 0.303 e. The molecule has 1 heterocycles. The minimum Gasteiger partial charge on any atom is -0.481 e. The van der Waals surface area contributed by atoms with Crippen LogP contribution in [-0.2, 0) is 17.6 Å². The average Bonchev–Trinajstić information content (AvgIpc) is 2.85. The lowest BCUT2D eigenvalue weighted by Gasteiger charge is -2.00. The van der Waals surface area contributed by atoms with E-state index < -0.39 is 5.97 Å². The normalized spacial score (nSPS) is 10.7. The third-order valence-corrected chi connectivity index (χ3v) is 3.15. The van der Waals surface area contributed by atoms with E-state index in [-0.39, 0.29) is 6.42 Å². The van der Waals surface area contributed by atoms with Gasteiger partial charge in [-0.05, 0) is 30.9 Å². The third-order valence-electron chi connectivity index (χ3n) is 3.15. The summed E-state index contributed by atoms with van der Waals surface area (Å²) in [6.07, 6.45) is 2.85. The number of carboxylic acid groups (broad SMARTS) is 1. The molecule has 0 aliphatic heterocycles. The molecule has 5 heteroatoms. The highest BCUT2D eigenvalue weighted by molar-refractivity contribution is 5.66. The van der Waals surface area contributed by atoms with Crippen LogP contribution in [-0.4, -0.2) is 21.2 Å². The van der Waals surface area contributed by atoms with Crippen LogP contribution in [0.1, 0.15) is 42.1 Å². The lowest BCUT2D eigenvalue weighted by Crippen LogP contribution is -1.96. The SMILES string of the molecule is Cc1ccccc1Cc1noc(CCCCC(=O)O)n1. The Kier molecular flexibility index (Phi) is 4.87. The molecule has 0 bridgehead atoms. The lowest BCUT2D eigenvalue weighted by atomic mass is 10.1. The second-order valence-corrected chi connectivity index (χ2v) is 4.81. The van der Waals surface area contributed by atoms with Crippen molar-refractivity contribution in [3.63, 3.8) is 0 Å². The summed E-state index contributed by atoms with van der Waals surface area (Å²) in [4.78, 5) is 14.7. The summed E-state index contributed by atoms with van der Waals surface area (Å²) in [5, 5.41) is 12.5. The maximum absolute atomic E-state index is 10.4. The predicted molar refractivity (Wildman–Crippen MR) is 73.5 cm³/mol. The fourth-order valence-electron chi connectivity index (χ4n) is 1.99. The first kappa shape index (κ1) is 14.2. The fraction of sp³-hybridized carbons (Fsp3) is 0.400. The molecule has 2 rings (SSSR count). The molecular formula is C15H18N2O3. The number of aryl methyl sites for hydroxylation is 2. The number of hydrogen-bond acceptors (Lipinski definition) is 4. The van der Waals surface area contributed by atoms with E-state index >= 15 is 0 Å². The van der Waals surface area contributed by atoms with Gasteiger partial charge in [0.05, 0.1) is 0 Å². The third kappa shape index (κ3) is 4.19. The first-order valence-corrected chi connectivity index (χ1v) is 6.73. The number of benzene rings is 1. The van der Waals surface area contributed by atoms with Gasteiger partial charge in [0.15, 0.2) is 5.82 Å². The highest BCUT2D eigenvalue weighted by Gasteiger charge is 2.08. The fourth-order valence-corrected chi connectivity index (χ4v) is 1.99. The average molecular weight is 274 g/mol. The Labute approximate surface area is 117 Å². The zero-order valence-electron chi connectivity index (χ0n) is 11.5. The topological polar surface area (TPSA) is 76.2 Å². The van der Waals surface area contributed by atoms with Crippen LogP contribution in [0.3, 0.4) is 0 Å². The van der Waals surface area contributed by atoms with Crippen molar-refractivity contribution in [2.24, 2.45) is 0 Å². The van der Waals surface area contributed by atoms with Crippen molar-refractivity contribution in [2.45, 2.75) is 39.0 Å². The molecule has 0 aliphatic rings. The van der Waals surface area contributed by atoms with Crippen LogP contribution in [0.15, 0.2) is 28.8 Å². The van der Waals surface area contributed by atoms with Gasteiger partial charge < -0.3 is 9.63 Å². The summed E-state index contributed by atoms with van der Waals surface area (Å²) in [7, 11) is 0. The number of carbonyl (C=O) groups is 1. The van der Waals surface area contributed by atoms with Crippen LogP contribution in [0.2, 0.25) is 0 Å². The molecular weight excluding hydrogens is 256 g/mol. The van der Waals surface area contributed by atoms with Gasteiger partial charge in [0, 0.05) is 19.3 Å². The van der Waals surface area contributed by atoms with E-state index in [1.165, 1.54) is 11.1 Å². The first-order valence-electron chi connectivity index (χ1n) is 6.73. The summed E-state index contributed by atoms with van der Waals surface area (Å²) >= 11 is 0. The Morgan fingerprint density at radius 1 is 1.30 bits per heavy atom. The van der Waals surface area contributed by atoms with Crippen LogP contribution >= 0.6 is 0 Å². The Bertz CT molecular complexity index is 578. The van der Waals surface area contributed by atoms with E-state index in [0.717, 1.165) is 6.42 Å². The van der Waals surface area contributed by atoms with E-state index in [2.05, 4.69) is 29.2 Å². The van der Waals surface area contributed by atoms with Crippen molar-refractivity contribution in [1.29, 1.82) is 0 Å². The van der Waals surface area contributed by atoms with Gasteiger partial charge in [-0.3, -0.25) is 4.79 Å². The van der Waals surface area contributed by atoms with Crippen molar-refractivity contribution in [1.82, 2.24) is 10.1 Å². The van der Waals surface area contributed by atoms with Gasteiger partial charge in [-0.2, -0.15) is 4.98 Å². The van der Waals surface area contributed by atoms with E-state index in [0.29, 0.717) is 31.0 Å². The molecule has 5 nitrogen and oxygen atoms in total. The summed E-state index contributed by atoms with van der Waals surface area (Å²) in [6, 6.07) is 8.11. The molecule has 0 aliphatic carbocycles. The number of hydrogen-bond donors (Lipinski definition) is 1. The van der Waals surface area contributed by atoms with E-state index in [1.807, 2.05) is 12.1 Å². The monoisotopic (exact) mass is 274 g/mol. The zero-order chi connectivity index (χ0) is 14.4. The standard InChI is InChI=1S/C15H18N2O3/c1-11-6-2-3-7-12(11)10-13-16-14(20-17-13)8-4-5-9-15(18)19/h2-3,6-7H,4-5,8-10H2,1H3,(H,18,19). The summed E-state index contributed by atoms with van der Waals surface area (Å²) in [5.74, 6) is 0.488. The van der Waals surface area contributed by atoms with Gasteiger partial charge in [-0.1, -0.05) is 29.4 Å². The molecule has 20 heavy (non-hydrogen) atoms. The van der Waals surface area contributed by atoms with Crippen LogP contribution < -0.4 is 0 Å². The molecule has 0 fully saturated rings. The maximum atomic E-state index is 10.4. The molecule has 0 atom stereocenters. The zero-order valence-corrected chi connectivity index (χ0v) is 11.5. The van der Waals surface area contributed by atoms with Crippen molar-refractivity contribution in [3.8, 4) is 0 Å². The molecule has 0 saturated heterocycles. The molecule has 1 aromatic heterocycles. The van der Waals surface area contributed by atoms with E-state index in [1.54, 1.807) is 0 Å². The summed E-state index contributed by atoms with van der Waals surface area (Å²) in [5.41, 5.74) is 2.39. The molecule has 0 saturated carbocycles.